The smallest absolute Gasteiger partial charge is 0.249 e. The standard InChI is InChI=1S/C12H19N3O/c1-8(2)14-11-6-9(7-13-11)12(16)15-10-4-3-5-10/h6,8,10H,3-5,7H2,1-2H3,(H,13,14)(H,15,16). The predicted octanol–water partition coefficient (Wildman–Crippen LogP) is 0.992. The molecule has 88 valence electrons. The summed E-state index contributed by atoms with van der Waals surface area (Å²) in [5, 5.41) is 6.23. The molecule has 1 amide bonds. The van der Waals surface area contributed by atoms with Crippen molar-refractivity contribution in [2.45, 2.75) is 45.2 Å². The molecule has 0 unspecified atom stereocenters. The van der Waals surface area contributed by atoms with E-state index in [0.717, 1.165) is 24.3 Å². The van der Waals surface area contributed by atoms with Crippen molar-refractivity contribution >= 4 is 11.7 Å². The third kappa shape index (κ3) is 2.62. The molecular formula is C12H19N3O. The highest BCUT2D eigenvalue weighted by atomic mass is 16.1. The SMILES string of the molecule is CC(C)NC1=NCC(C(=O)NC2CCC2)=C1. The molecule has 2 rings (SSSR count). The molecule has 1 aliphatic carbocycles. The van der Waals surface area contributed by atoms with Crippen LogP contribution < -0.4 is 10.6 Å². The van der Waals surface area contributed by atoms with Gasteiger partial charge in [-0.05, 0) is 39.2 Å². The van der Waals surface area contributed by atoms with E-state index in [0.29, 0.717) is 18.6 Å². The Morgan fingerprint density at radius 1 is 1.50 bits per heavy atom. The summed E-state index contributed by atoms with van der Waals surface area (Å²) in [6.45, 7) is 4.62. The van der Waals surface area contributed by atoms with Gasteiger partial charge < -0.3 is 10.6 Å². The summed E-state index contributed by atoms with van der Waals surface area (Å²) >= 11 is 0. The van der Waals surface area contributed by atoms with Crippen molar-refractivity contribution in [2.24, 2.45) is 4.99 Å². The Hall–Kier alpha value is -1.32. The zero-order valence-electron chi connectivity index (χ0n) is 9.92. The first-order valence-corrected chi connectivity index (χ1v) is 5.97. The van der Waals surface area contributed by atoms with Gasteiger partial charge in [0.1, 0.15) is 5.84 Å². The van der Waals surface area contributed by atoms with Crippen LogP contribution in [-0.4, -0.2) is 30.4 Å². The van der Waals surface area contributed by atoms with E-state index in [2.05, 4.69) is 29.5 Å². The van der Waals surface area contributed by atoms with E-state index in [1.165, 1.54) is 6.42 Å². The van der Waals surface area contributed by atoms with Crippen LogP contribution in [0.25, 0.3) is 0 Å². The molecule has 2 aliphatic rings. The largest absolute Gasteiger partial charge is 0.368 e. The van der Waals surface area contributed by atoms with Crippen LogP contribution in [0.5, 0.6) is 0 Å². The summed E-state index contributed by atoms with van der Waals surface area (Å²) in [7, 11) is 0. The topological polar surface area (TPSA) is 53.5 Å². The summed E-state index contributed by atoms with van der Waals surface area (Å²) in [5.74, 6) is 0.878. The van der Waals surface area contributed by atoms with Crippen molar-refractivity contribution in [1.82, 2.24) is 10.6 Å². The molecule has 4 heteroatoms. The molecule has 1 aliphatic heterocycles. The zero-order valence-corrected chi connectivity index (χ0v) is 9.92. The summed E-state index contributed by atoms with van der Waals surface area (Å²) in [4.78, 5) is 16.1. The highest BCUT2D eigenvalue weighted by Gasteiger charge is 2.22. The van der Waals surface area contributed by atoms with E-state index < -0.39 is 0 Å². The third-order valence-electron chi connectivity index (χ3n) is 2.90. The molecule has 16 heavy (non-hydrogen) atoms. The number of nitrogens with zero attached hydrogens (tertiary/aromatic N) is 1. The fourth-order valence-corrected chi connectivity index (χ4v) is 1.78. The number of carbonyl (C=O) groups excluding carboxylic acids is 1. The molecule has 4 nitrogen and oxygen atoms in total. The summed E-state index contributed by atoms with van der Waals surface area (Å²) in [5.41, 5.74) is 0.773. The number of hydrogen-bond acceptors (Lipinski definition) is 3. The van der Waals surface area contributed by atoms with E-state index in [1.807, 2.05) is 6.08 Å². The number of amidine groups is 1. The summed E-state index contributed by atoms with van der Waals surface area (Å²) < 4.78 is 0. The van der Waals surface area contributed by atoms with Crippen molar-refractivity contribution < 1.29 is 4.79 Å². The van der Waals surface area contributed by atoms with Gasteiger partial charge in [0.15, 0.2) is 0 Å². The Labute approximate surface area is 96.2 Å². The second-order valence-electron chi connectivity index (χ2n) is 4.77. The molecule has 0 aromatic heterocycles. The molecule has 1 saturated carbocycles. The number of amides is 1. The normalized spacial score (nSPS) is 20.2. The predicted molar refractivity (Wildman–Crippen MR) is 64.4 cm³/mol. The molecule has 0 radical (unpaired) electrons. The van der Waals surface area contributed by atoms with Gasteiger partial charge in [-0.3, -0.25) is 9.79 Å². The molecule has 0 spiro atoms. The van der Waals surface area contributed by atoms with Gasteiger partial charge in [-0.1, -0.05) is 0 Å². The van der Waals surface area contributed by atoms with Crippen molar-refractivity contribution in [3.8, 4) is 0 Å². The molecule has 0 atom stereocenters. The zero-order chi connectivity index (χ0) is 11.5. The van der Waals surface area contributed by atoms with Gasteiger partial charge in [0, 0.05) is 17.7 Å². The first kappa shape index (κ1) is 11.2. The molecule has 0 aromatic rings. The first-order chi connectivity index (χ1) is 7.65. The maximum Gasteiger partial charge on any atom is 0.249 e. The van der Waals surface area contributed by atoms with Gasteiger partial charge >= 0.3 is 0 Å². The Balaban J connectivity index is 1.84. The lowest BCUT2D eigenvalue weighted by Crippen LogP contribution is -2.40. The summed E-state index contributed by atoms with van der Waals surface area (Å²) in [6.07, 6.45) is 5.34. The average molecular weight is 221 g/mol. The number of aliphatic imine (C=N–C) groups is 1. The van der Waals surface area contributed by atoms with Crippen LogP contribution in [0.1, 0.15) is 33.1 Å². The van der Waals surface area contributed by atoms with Crippen molar-refractivity contribution in [3.63, 3.8) is 0 Å². The highest BCUT2D eigenvalue weighted by molar-refractivity contribution is 6.06. The minimum Gasteiger partial charge on any atom is -0.368 e. The van der Waals surface area contributed by atoms with Crippen LogP contribution in [0.4, 0.5) is 0 Å². The van der Waals surface area contributed by atoms with Crippen LogP contribution in [0, 0.1) is 0 Å². The fourth-order valence-electron chi connectivity index (χ4n) is 1.78. The molecule has 1 heterocycles. The average Bonchev–Trinajstić information content (AvgIpc) is 2.58. The second kappa shape index (κ2) is 4.68. The van der Waals surface area contributed by atoms with Crippen LogP contribution in [0.3, 0.4) is 0 Å². The lowest BCUT2D eigenvalue weighted by Gasteiger charge is -2.26. The number of carbonyl (C=O) groups is 1. The number of hydrogen-bond donors (Lipinski definition) is 2. The monoisotopic (exact) mass is 221 g/mol. The maximum atomic E-state index is 11.8. The van der Waals surface area contributed by atoms with E-state index in [-0.39, 0.29) is 5.91 Å². The first-order valence-electron chi connectivity index (χ1n) is 5.97. The van der Waals surface area contributed by atoms with E-state index in [1.54, 1.807) is 0 Å². The number of nitrogens with one attached hydrogen (secondary N) is 2. The van der Waals surface area contributed by atoms with Crippen molar-refractivity contribution in [3.05, 3.63) is 11.6 Å². The van der Waals surface area contributed by atoms with Gasteiger partial charge in [-0.2, -0.15) is 0 Å². The van der Waals surface area contributed by atoms with Crippen LogP contribution in [0.15, 0.2) is 16.6 Å². The van der Waals surface area contributed by atoms with Crippen LogP contribution in [0.2, 0.25) is 0 Å². The van der Waals surface area contributed by atoms with E-state index in [4.69, 9.17) is 0 Å². The lowest BCUT2D eigenvalue weighted by molar-refractivity contribution is -0.118. The minimum absolute atomic E-state index is 0.0500. The van der Waals surface area contributed by atoms with Gasteiger partial charge in [0.05, 0.1) is 6.54 Å². The quantitative estimate of drug-likeness (QED) is 0.746. The van der Waals surface area contributed by atoms with Gasteiger partial charge in [0.25, 0.3) is 0 Å². The number of rotatable bonds is 3. The van der Waals surface area contributed by atoms with Crippen LogP contribution >= 0.6 is 0 Å². The molecular weight excluding hydrogens is 202 g/mol. The van der Waals surface area contributed by atoms with Gasteiger partial charge in [-0.15, -0.1) is 0 Å². The minimum atomic E-state index is 0.0500. The summed E-state index contributed by atoms with van der Waals surface area (Å²) in [6, 6.07) is 0.750. The molecule has 0 aromatic carbocycles. The van der Waals surface area contributed by atoms with Crippen molar-refractivity contribution in [1.29, 1.82) is 0 Å². The van der Waals surface area contributed by atoms with Crippen LogP contribution in [-0.2, 0) is 4.79 Å². The molecule has 0 bridgehead atoms. The fraction of sp³-hybridized carbons (Fsp3) is 0.667. The molecule has 2 N–H and O–H groups in total. The Morgan fingerprint density at radius 3 is 2.81 bits per heavy atom. The van der Waals surface area contributed by atoms with Gasteiger partial charge in [-0.25, -0.2) is 0 Å². The molecule has 0 saturated heterocycles. The molecule has 1 fully saturated rings. The van der Waals surface area contributed by atoms with Gasteiger partial charge in [0.2, 0.25) is 5.91 Å². The van der Waals surface area contributed by atoms with E-state index >= 15 is 0 Å². The Kier molecular flexibility index (Phi) is 3.27. The third-order valence-corrected chi connectivity index (χ3v) is 2.90. The van der Waals surface area contributed by atoms with Crippen molar-refractivity contribution in [2.75, 3.05) is 6.54 Å². The lowest BCUT2D eigenvalue weighted by atomic mass is 9.93. The maximum absolute atomic E-state index is 11.8. The van der Waals surface area contributed by atoms with E-state index in [9.17, 15) is 4.79 Å². The highest BCUT2D eigenvalue weighted by Crippen LogP contribution is 2.18. The Morgan fingerprint density at radius 2 is 2.25 bits per heavy atom. The Bertz CT molecular complexity index is 340. The second-order valence-corrected chi connectivity index (χ2v) is 4.77.